The van der Waals surface area contributed by atoms with Gasteiger partial charge in [-0.3, -0.25) is 5.01 Å². The molecule has 0 amide bonds. The molecule has 1 unspecified atom stereocenters. The Morgan fingerprint density at radius 3 is 3.08 bits per heavy atom. The number of alkyl halides is 1. The highest BCUT2D eigenvalue weighted by Gasteiger charge is 2.21. The number of ether oxygens (including phenoxy) is 1. The zero-order valence-electron chi connectivity index (χ0n) is 6.40. The van der Waals surface area contributed by atoms with Gasteiger partial charge >= 0.3 is 0 Å². The Morgan fingerprint density at radius 2 is 2.25 bits per heavy atom. The molecular formula is C8H9IN2O. The van der Waals surface area contributed by atoms with E-state index in [1.165, 1.54) is 0 Å². The first-order valence-corrected chi connectivity index (χ1v) is 4.93. The van der Waals surface area contributed by atoms with Crippen LogP contribution in [0.5, 0.6) is 5.75 Å². The van der Waals surface area contributed by atoms with Crippen molar-refractivity contribution < 1.29 is 4.74 Å². The van der Waals surface area contributed by atoms with Crippen molar-refractivity contribution in [3.05, 3.63) is 24.3 Å². The minimum absolute atomic E-state index is 0.220. The second-order valence-corrected chi connectivity index (χ2v) is 4.06. The van der Waals surface area contributed by atoms with Gasteiger partial charge in [-0.05, 0) is 12.1 Å². The van der Waals surface area contributed by atoms with Crippen molar-refractivity contribution in [1.29, 1.82) is 0 Å². The largest absolute Gasteiger partial charge is 0.488 e. The fourth-order valence-corrected chi connectivity index (χ4v) is 1.66. The van der Waals surface area contributed by atoms with Crippen LogP contribution < -0.4 is 15.6 Å². The van der Waals surface area contributed by atoms with Crippen molar-refractivity contribution in [2.45, 2.75) is 4.05 Å². The number of hydrazine groups is 1. The molecule has 0 saturated carbocycles. The predicted octanol–water partition coefficient (Wildman–Crippen LogP) is 1.52. The number of hydrogen-bond donors (Lipinski definition) is 1. The number of anilines is 1. The van der Waals surface area contributed by atoms with E-state index >= 15 is 0 Å². The van der Waals surface area contributed by atoms with Crippen LogP contribution >= 0.6 is 22.6 Å². The molecule has 2 N–H and O–H groups in total. The summed E-state index contributed by atoms with van der Waals surface area (Å²) < 4.78 is 5.70. The summed E-state index contributed by atoms with van der Waals surface area (Å²) in [6.45, 7) is 0.647. The molecular weight excluding hydrogens is 267 g/mol. The van der Waals surface area contributed by atoms with Crippen molar-refractivity contribution in [3.63, 3.8) is 0 Å². The van der Waals surface area contributed by atoms with Gasteiger partial charge < -0.3 is 4.74 Å². The second-order valence-electron chi connectivity index (χ2n) is 2.62. The minimum Gasteiger partial charge on any atom is -0.488 e. The Kier molecular flexibility index (Phi) is 2.10. The van der Waals surface area contributed by atoms with Gasteiger partial charge in [0.05, 0.1) is 5.69 Å². The van der Waals surface area contributed by atoms with Gasteiger partial charge in [-0.15, -0.1) is 0 Å². The lowest BCUT2D eigenvalue weighted by molar-refractivity contribution is 0.302. The van der Waals surface area contributed by atoms with Crippen molar-refractivity contribution in [1.82, 2.24) is 0 Å². The fraction of sp³-hybridized carbons (Fsp3) is 0.250. The van der Waals surface area contributed by atoms with Crippen LogP contribution in [0.1, 0.15) is 0 Å². The third kappa shape index (κ3) is 1.25. The Hall–Kier alpha value is -0.490. The van der Waals surface area contributed by atoms with Gasteiger partial charge in [0.2, 0.25) is 0 Å². The number of nitrogens with zero attached hydrogens (tertiary/aromatic N) is 1. The van der Waals surface area contributed by atoms with E-state index in [2.05, 4.69) is 22.6 Å². The molecule has 0 fully saturated rings. The van der Waals surface area contributed by atoms with Crippen LogP contribution in [0.25, 0.3) is 0 Å². The molecule has 12 heavy (non-hydrogen) atoms. The lowest BCUT2D eigenvalue weighted by atomic mass is 10.2. The van der Waals surface area contributed by atoms with Crippen LogP contribution in [-0.2, 0) is 0 Å². The molecule has 1 aliphatic heterocycles. The highest BCUT2D eigenvalue weighted by atomic mass is 127. The summed E-state index contributed by atoms with van der Waals surface area (Å²) in [6.07, 6.45) is 0. The number of fused-ring (bicyclic) bond motifs is 1. The lowest BCUT2D eigenvalue weighted by Gasteiger charge is -2.31. The van der Waals surface area contributed by atoms with Crippen LogP contribution in [0, 0.1) is 0 Å². The van der Waals surface area contributed by atoms with Crippen molar-refractivity contribution >= 4 is 28.3 Å². The lowest BCUT2D eigenvalue weighted by Crippen LogP contribution is -2.43. The molecule has 0 bridgehead atoms. The topological polar surface area (TPSA) is 38.5 Å². The van der Waals surface area contributed by atoms with Crippen LogP contribution in [0.3, 0.4) is 0 Å². The summed E-state index contributed by atoms with van der Waals surface area (Å²) >= 11 is 2.26. The van der Waals surface area contributed by atoms with Gasteiger partial charge in [-0.1, -0.05) is 34.7 Å². The summed E-state index contributed by atoms with van der Waals surface area (Å²) in [5.41, 5.74) is 0.961. The fourth-order valence-electron chi connectivity index (χ4n) is 1.18. The van der Waals surface area contributed by atoms with Crippen LogP contribution in [0.2, 0.25) is 0 Å². The molecule has 0 aromatic heterocycles. The van der Waals surface area contributed by atoms with Crippen LogP contribution in [0.4, 0.5) is 5.69 Å². The number of benzene rings is 1. The molecule has 1 atom stereocenters. The molecule has 0 spiro atoms. The maximum atomic E-state index is 5.84. The molecule has 0 saturated heterocycles. The standard InChI is InChI=1S/C8H9IN2O/c9-8-5-12-7-4-2-1-3-6(7)11(8)10/h1-4,8H,5,10H2. The molecule has 3 nitrogen and oxygen atoms in total. The Bertz CT molecular complexity index is 292. The maximum absolute atomic E-state index is 5.84. The summed E-state index contributed by atoms with van der Waals surface area (Å²) in [7, 11) is 0. The average Bonchev–Trinajstić information content (AvgIpc) is 2.12. The first kappa shape index (κ1) is 8.12. The molecule has 1 aromatic carbocycles. The van der Waals surface area contributed by atoms with E-state index in [1.807, 2.05) is 24.3 Å². The highest BCUT2D eigenvalue weighted by molar-refractivity contribution is 14.1. The highest BCUT2D eigenvalue weighted by Crippen LogP contribution is 2.32. The summed E-state index contributed by atoms with van der Waals surface area (Å²) in [5, 5.41) is 1.74. The van der Waals surface area contributed by atoms with E-state index in [9.17, 15) is 0 Å². The van der Waals surface area contributed by atoms with E-state index in [-0.39, 0.29) is 4.05 Å². The van der Waals surface area contributed by atoms with Crippen LogP contribution in [-0.4, -0.2) is 10.7 Å². The van der Waals surface area contributed by atoms with E-state index in [0.29, 0.717) is 6.61 Å². The molecule has 0 aliphatic carbocycles. The molecule has 64 valence electrons. The molecule has 4 heteroatoms. The molecule has 2 rings (SSSR count). The molecule has 0 radical (unpaired) electrons. The number of nitrogens with two attached hydrogens (primary N) is 1. The van der Waals surface area contributed by atoms with Crippen LogP contribution in [0.15, 0.2) is 24.3 Å². The average molecular weight is 276 g/mol. The second kappa shape index (κ2) is 3.10. The summed E-state index contributed by atoms with van der Waals surface area (Å²) in [5.74, 6) is 6.70. The monoisotopic (exact) mass is 276 g/mol. The number of halogens is 1. The molecule has 1 aliphatic rings. The Morgan fingerprint density at radius 1 is 1.50 bits per heavy atom. The molecule has 1 aromatic rings. The summed E-state index contributed by atoms with van der Waals surface area (Å²) in [4.78, 5) is 0. The number of rotatable bonds is 0. The van der Waals surface area contributed by atoms with E-state index in [1.54, 1.807) is 5.01 Å². The normalized spacial score (nSPS) is 21.5. The smallest absolute Gasteiger partial charge is 0.144 e. The predicted molar refractivity (Wildman–Crippen MR) is 56.4 cm³/mol. The van der Waals surface area contributed by atoms with E-state index < -0.39 is 0 Å². The Balaban J connectivity index is 2.42. The van der Waals surface area contributed by atoms with Gasteiger partial charge in [-0.25, -0.2) is 5.84 Å². The van der Waals surface area contributed by atoms with Crippen molar-refractivity contribution in [2.24, 2.45) is 5.84 Å². The maximum Gasteiger partial charge on any atom is 0.144 e. The first-order valence-electron chi connectivity index (χ1n) is 3.69. The third-order valence-electron chi connectivity index (χ3n) is 1.82. The van der Waals surface area contributed by atoms with E-state index in [0.717, 1.165) is 11.4 Å². The van der Waals surface area contributed by atoms with Gasteiger partial charge in [-0.2, -0.15) is 0 Å². The zero-order valence-corrected chi connectivity index (χ0v) is 8.56. The first-order chi connectivity index (χ1) is 5.79. The van der Waals surface area contributed by atoms with Crippen molar-refractivity contribution in [3.8, 4) is 5.75 Å². The number of para-hydroxylation sites is 2. The Labute approximate surface area is 84.6 Å². The third-order valence-corrected chi connectivity index (χ3v) is 2.78. The van der Waals surface area contributed by atoms with Gasteiger partial charge in [0, 0.05) is 0 Å². The van der Waals surface area contributed by atoms with Gasteiger partial charge in [0.15, 0.2) is 0 Å². The SMILES string of the molecule is NN1c2ccccc2OCC1I. The molecule has 1 heterocycles. The summed E-state index contributed by atoms with van der Waals surface area (Å²) in [6, 6.07) is 7.79. The van der Waals surface area contributed by atoms with Gasteiger partial charge in [0.1, 0.15) is 16.4 Å². The quantitative estimate of drug-likeness (QED) is 0.338. The van der Waals surface area contributed by atoms with Gasteiger partial charge in [0.25, 0.3) is 0 Å². The number of hydrogen-bond acceptors (Lipinski definition) is 3. The van der Waals surface area contributed by atoms with Crippen molar-refractivity contribution in [2.75, 3.05) is 11.6 Å². The van der Waals surface area contributed by atoms with E-state index in [4.69, 9.17) is 10.6 Å². The zero-order chi connectivity index (χ0) is 8.55. The minimum atomic E-state index is 0.220.